The van der Waals surface area contributed by atoms with Crippen molar-refractivity contribution >= 4 is 21.6 Å². The van der Waals surface area contributed by atoms with Crippen molar-refractivity contribution in [1.29, 1.82) is 0 Å². The lowest BCUT2D eigenvalue weighted by atomic mass is 10.1. The molecule has 110 valence electrons. The van der Waals surface area contributed by atoms with Crippen LogP contribution in [-0.2, 0) is 14.8 Å². The zero-order valence-electron chi connectivity index (χ0n) is 11.3. The number of hydrogen-bond donors (Lipinski definition) is 3. The van der Waals surface area contributed by atoms with E-state index in [0.717, 1.165) is 25.1 Å². The summed E-state index contributed by atoms with van der Waals surface area (Å²) in [5, 5.41) is 5.91. The van der Waals surface area contributed by atoms with Gasteiger partial charge in [-0.25, -0.2) is 13.1 Å². The molecule has 0 spiro atoms. The fourth-order valence-electron chi connectivity index (χ4n) is 2.11. The van der Waals surface area contributed by atoms with Gasteiger partial charge in [0.15, 0.2) is 0 Å². The third-order valence-electron chi connectivity index (χ3n) is 3.13. The van der Waals surface area contributed by atoms with E-state index in [1.54, 1.807) is 19.1 Å². The number of nitrogens with one attached hydrogen (secondary N) is 3. The van der Waals surface area contributed by atoms with Crippen molar-refractivity contribution in [3.8, 4) is 0 Å². The number of anilines is 1. The van der Waals surface area contributed by atoms with Gasteiger partial charge in [0.25, 0.3) is 0 Å². The molecule has 2 rings (SSSR count). The first-order valence-corrected chi connectivity index (χ1v) is 8.15. The molecule has 1 amide bonds. The maximum Gasteiger partial charge on any atom is 0.242 e. The smallest absolute Gasteiger partial charge is 0.242 e. The van der Waals surface area contributed by atoms with Gasteiger partial charge >= 0.3 is 0 Å². The van der Waals surface area contributed by atoms with Gasteiger partial charge in [-0.05, 0) is 37.1 Å². The number of carbonyl (C=O) groups is 1. The Labute approximate surface area is 119 Å². The van der Waals surface area contributed by atoms with E-state index in [9.17, 15) is 13.2 Å². The molecule has 0 aliphatic carbocycles. The minimum atomic E-state index is -3.43. The number of sulfonamides is 1. The highest BCUT2D eigenvalue weighted by atomic mass is 32.2. The minimum Gasteiger partial charge on any atom is -0.374 e. The lowest BCUT2D eigenvalue weighted by Crippen LogP contribution is -2.44. The Bertz CT molecular complexity index is 569. The monoisotopic (exact) mass is 297 g/mol. The first kappa shape index (κ1) is 14.8. The SMILES string of the molecule is CCNS(=O)(=O)c1ccc(NC2CCCNC2=O)cc1. The molecule has 1 fully saturated rings. The van der Waals surface area contributed by atoms with Gasteiger partial charge in [-0.2, -0.15) is 0 Å². The maximum absolute atomic E-state index is 11.8. The lowest BCUT2D eigenvalue weighted by Gasteiger charge is -2.23. The van der Waals surface area contributed by atoms with Gasteiger partial charge in [0.2, 0.25) is 15.9 Å². The molecule has 0 radical (unpaired) electrons. The zero-order valence-corrected chi connectivity index (χ0v) is 12.2. The molecule has 0 bridgehead atoms. The van der Waals surface area contributed by atoms with Crippen LogP contribution in [0, 0.1) is 0 Å². The fraction of sp³-hybridized carbons (Fsp3) is 0.462. The molecule has 20 heavy (non-hydrogen) atoms. The molecule has 1 aliphatic heterocycles. The van der Waals surface area contributed by atoms with Crippen LogP contribution < -0.4 is 15.4 Å². The van der Waals surface area contributed by atoms with E-state index in [2.05, 4.69) is 15.4 Å². The second-order valence-corrected chi connectivity index (χ2v) is 6.42. The highest BCUT2D eigenvalue weighted by Crippen LogP contribution is 2.16. The highest BCUT2D eigenvalue weighted by molar-refractivity contribution is 7.89. The quantitative estimate of drug-likeness (QED) is 0.745. The van der Waals surface area contributed by atoms with Crippen LogP contribution in [0.25, 0.3) is 0 Å². The topological polar surface area (TPSA) is 87.3 Å². The number of benzene rings is 1. The Morgan fingerprint density at radius 1 is 1.30 bits per heavy atom. The van der Waals surface area contributed by atoms with Gasteiger partial charge in [0.1, 0.15) is 6.04 Å². The van der Waals surface area contributed by atoms with Crippen molar-refractivity contribution in [3.05, 3.63) is 24.3 Å². The Balaban J connectivity index is 2.07. The molecule has 1 aliphatic rings. The first-order valence-electron chi connectivity index (χ1n) is 6.67. The molecule has 1 unspecified atom stereocenters. The predicted molar refractivity (Wildman–Crippen MR) is 77.0 cm³/mol. The largest absolute Gasteiger partial charge is 0.374 e. The number of amides is 1. The van der Waals surface area contributed by atoms with E-state index in [1.807, 2.05) is 0 Å². The average Bonchev–Trinajstić information content (AvgIpc) is 2.42. The zero-order chi connectivity index (χ0) is 14.6. The van der Waals surface area contributed by atoms with Crippen LogP contribution in [-0.4, -0.2) is 33.5 Å². The summed E-state index contributed by atoms with van der Waals surface area (Å²) in [6.07, 6.45) is 1.72. The normalized spacial score (nSPS) is 19.4. The van der Waals surface area contributed by atoms with Gasteiger partial charge < -0.3 is 10.6 Å². The van der Waals surface area contributed by atoms with Gasteiger partial charge in [0.05, 0.1) is 4.90 Å². The van der Waals surface area contributed by atoms with Crippen LogP contribution in [0.4, 0.5) is 5.69 Å². The Kier molecular flexibility index (Phi) is 4.61. The van der Waals surface area contributed by atoms with Crippen LogP contribution >= 0.6 is 0 Å². The lowest BCUT2D eigenvalue weighted by molar-refractivity contribution is -0.123. The van der Waals surface area contributed by atoms with E-state index >= 15 is 0 Å². The van der Waals surface area contributed by atoms with Crippen LogP contribution in [0.3, 0.4) is 0 Å². The number of piperidine rings is 1. The van der Waals surface area contributed by atoms with Crippen molar-refractivity contribution in [2.24, 2.45) is 0 Å². The summed E-state index contributed by atoms with van der Waals surface area (Å²) in [7, 11) is -3.43. The first-order chi connectivity index (χ1) is 9.53. The van der Waals surface area contributed by atoms with Crippen molar-refractivity contribution in [1.82, 2.24) is 10.0 Å². The van der Waals surface area contributed by atoms with Gasteiger partial charge in [-0.1, -0.05) is 6.92 Å². The molecule has 6 nitrogen and oxygen atoms in total. The molecule has 0 aromatic heterocycles. The third kappa shape index (κ3) is 3.49. The average molecular weight is 297 g/mol. The number of carbonyl (C=O) groups excluding carboxylic acids is 1. The van der Waals surface area contributed by atoms with Gasteiger partial charge in [-0.3, -0.25) is 4.79 Å². The summed E-state index contributed by atoms with van der Waals surface area (Å²) in [5.41, 5.74) is 0.738. The number of hydrogen-bond acceptors (Lipinski definition) is 4. The molecular weight excluding hydrogens is 278 g/mol. The molecule has 1 aromatic rings. The standard InChI is InChI=1S/C13H19N3O3S/c1-2-15-20(18,19)11-7-5-10(6-8-11)16-12-4-3-9-14-13(12)17/h5-8,12,15-16H,2-4,9H2,1H3,(H,14,17). The summed E-state index contributed by atoms with van der Waals surface area (Å²) in [6, 6.07) is 6.15. The van der Waals surface area contributed by atoms with Crippen LogP contribution in [0.15, 0.2) is 29.2 Å². The number of rotatable bonds is 5. The molecule has 0 saturated carbocycles. The van der Waals surface area contributed by atoms with E-state index in [1.165, 1.54) is 12.1 Å². The molecule has 7 heteroatoms. The summed E-state index contributed by atoms with van der Waals surface area (Å²) >= 11 is 0. The maximum atomic E-state index is 11.8. The molecule has 3 N–H and O–H groups in total. The molecule has 1 saturated heterocycles. The Hall–Kier alpha value is -1.60. The molecular formula is C13H19N3O3S. The predicted octanol–water partition coefficient (Wildman–Crippen LogP) is 0.675. The molecule has 1 aromatic carbocycles. The summed E-state index contributed by atoms with van der Waals surface area (Å²) in [6.45, 7) is 2.80. The van der Waals surface area contributed by atoms with Crippen LogP contribution in [0.1, 0.15) is 19.8 Å². The highest BCUT2D eigenvalue weighted by Gasteiger charge is 2.21. The van der Waals surface area contributed by atoms with Gasteiger partial charge in [-0.15, -0.1) is 0 Å². The summed E-state index contributed by atoms with van der Waals surface area (Å²) in [5.74, 6) is -0.0133. The molecule has 1 heterocycles. The molecule has 1 atom stereocenters. The van der Waals surface area contributed by atoms with Gasteiger partial charge in [0, 0.05) is 18.8 Å². The van der Waals surface area contributed by atoms with Crippen molar-refractivity contribution in [3.63, 3.8) is 0 Å². The minimum absolute atomic E-state index is 0.0133. The second kappa shape index (κ2) is 6.23. The third-order valence-corrected chi connectivity index (χ3v) is 4.69. The van der Waals surface area contributed by atoms with Crippen molar-refractivity contribution < 1.29 is 13.2 Å². The second-order valence-electron chi connectivity index (χ2n) is 4.66. The van der Waals surface area contributed by atoms with Crippen molar-refractivity contribution in [2.75, 3.05) is 18.4 Å². The Morgan fingerprint density at radius 2 is 2.00 bits per heavy atom. The summed E-state index contributed by atoms with van der Waals surface area (Å²) in [4.78, 5) is 11.9. The van der Waals surface area contributed by atoms with E-state index in [0.29, 0.717) is 6.54 Å². The van der Waals surface area contributed by atoms with Crippen LogP contribution in [0.5, 0.6) is 0 Å². The van der Waals surface area contributed by atoms with E-state index in [-0.39, 0.29) is 16.8 Å². The fourth-order valence-corrected chi connectivity index (χ4v) is 3.16. The summed E-state index contributed by atoms with van der Waals surface area (Å²) < 4.78 is 26.0. The Morgan fingerprint density at radius 3 is 2.60 bits per heavy atom. The van der Waals surface area contributed by atoms with Crippen molar-refractivity contribution in [2.45, 2.75) is 30.7 Å². The van der Waals surface area contributed by atoms with E-state index < -0.39 is 10.0 Å². The van der Waals surface area contributed by atoms with Crippen LogP contribution in [0.2, 0.25) is 0 Å². The van der Waals surface area contributed by atoms with E-state index in [4.69, 9.17) is 0 Å².